The second-order valence-corrected chi connectivity index (χ2v) is 38.5. The highest BCUT2D eigenvalue weighted by Crippen LogP contribution is 2.49. The normalized spacial score (nSPS) is 12.8. The van der Waals surface area contributed by atoms with Crippen LogP contribution in [0.5, 0.6) is 17.2 Å². The van der Waals surface area contributed by atoms with Gasteiger partial charge in [-0.15, -0.1) is 0 Å². The van der Waals surface area contributed by atoms with Crippen LogP contribution in [0.2, 0.25) is 0 Å². The van der Waals surface area contributed by atoms with Gasteiger partial charge in [-0.05, 0) is 161 Å². The molecule has 0 radical (unpaired) electrons. The molecule has 0 fully saturated rings. The van der Waals surface area contributed by atoms with Crippen molar-refractivity contribution in [2.75, 3.05) is 0 Å². The lowest BCUT2D eigenvalue weighted by Gasteiger charge is -2.34. The minimum atomic E-state index is -0.209. The first-order valence-corrected chi connectivity index (χ1v) is 45.6. The topological polar surface area (TPSA) is 60.7 Å². The summed E-state index contributed by atoms with van der Waals surface area (Å²) in [6, 6.07) is 14.8. The van der Waals surface area contributed by atoms with Crippen LogP contribution in [0.1, 0.15) is 516 Å². The average molecular weight is 1450 g/mol. The zero-order chi connectivity index (χ0) is 77.7. The van der Waals surface area contributed by atoms with Crippen LogP contribution in [0.3, 0.4) is 0 Å². The van der Waals surface area contributed by atoms with E-state index in [1.54, 1.807) is 0 Å². The van der Waals surface area contributed by atoms with Crippen molar-refractivity contribution >= 4 is 0 Å². The van der Waals surface area contributed by atoms with E-state index in [1.807, 2.05) is 0 Å². The summed E-state index contributed by atoms with van der Waals surface area (Å²) >= 11 is 0. The number of hydrogen-bond acceptors (Lipinski definition) is 3. The van der Waals surface area contributed by atoms with E-state index in [4.69, 9.17) is 0 Å². The molecule has 0 saturated heterocycles. The maximum Gasteiger partial charge on any atom is 0.123 e. The monoisotopic (exact) mass is 1450 g/mol. The van der Waals surface area contributed by atoms with Crippen molar-refractivity contribution in [3.63, 3.8) is 0 Å². The Morgan fingerprint density at radius 3 is 0.457 bits per heavy atom. The first-order chi connectivity index (χ1) is 49.9. The molecule has 3 nitrogen and oxygen atoms in total. The number of benzene rings is 4. The van der Waals surface area contributed by atoms with Gasteiger partial charge in [-0.1, -0.05) is 431 Å². The van der Waals surface area contributed by atoms with E-state index in [0.29, 0.717) is 17.2 Å². The SMILES string of the molecule is CCCCCCCCCC(C)(C)c1cc(Cc2c(C)c(Cc3cc(C(C)(C)CCCCCCCCC)c(O)c(C(C)(C)CCCCCCCCC)c3)c(C)c(Cc3cc(C(C)(C)CCCCCCCCC)c(O)c(C(C)(C)CCCCCCCCC)c3)c2C)cc(C(C)(C)CCCCCCCCC)c1O. The van der Waals surface area contributed by atoms with Crippen molar-refractivity contribution in [3.05, 3.63) is 120 Å². The molecule has 600 valence electrons. The van der Waals surface area contributed by atoms with Crippen LogP contribution >= 0.6 is 0 Å². The fourth-order valence-corrected chi connectivity index (χ4v) is 18.2. The molecule has 4 rings (SSSR count). The van der Waals surface area contributed by atoms with E-state index in [2.05, 4.69) is 182 Å². The Balaban J connectivity index is 2.12. The average Bonchev–Trinajstić information content (AvgIpc) is 0.756. The molecule has 0 saturated carbocycles. The van der Waals surface area contributed by atoms with Crippen LogP contribution in [0.15, 0.2) is 36.4 Å². The maximum absolute atomic E-state index is 13.0. The fourth-order valence-electron chi connectivity index (χ4n) is 18.2. The predicted molar refractivity (Wildman–Crippen MR) is 467 cm³/mol. The molecule has 0 aliphatic rings. The molecular formula is C102H174O3. The molecule has 0 bridgehead atoms. The van der Waals surface area contributed by atoms with Gasteiger partial charge >= 0.3 is 0 Å². The molecule has 4 aromatic carbocycles. The number of phenols is 3. The minimum absolute atomic E-state index is 0.209. The molecule has 0 spiro atoms. The molecule has 0 aromatic heterocycles. The van der Waals surface area contributed by atoms with Gasteiger partial charge in [0.05, 0.1) is 0 Å². The quantitative estimate of drug-likeness (QED) is 0.0386. The first-order valence-electron chi connectivity index (χ1n) is 45.6. The van der Waals surface area contributed by atoms with Crippen molar-refractivity contribution in [2.45, 2.75) is 505 Å². The van der Waals surface area contributed by atoms with Crippen LogP contribution in [0.25, 0.3) is 0 Å². The summed E-state index contributed by atoms with van der Waals surface area (Å²) in [4.78, 5) is 0. The Morgan fingerprint density at radius 1 is 0.200 bits per heavy atom. The van der Waals surface area contributed by atoms with E-state index < -0.39 is 0 Å². The van der Waals surface area contributed by atoms with Crippen molar-refractivity contribution in [2.24, 2.45) is 0 Å². The van der Waals surface area contributed by atoms with Crippen molar-refractivity contribution < 1.29 is 15.3 Å². The molecule has 3 heteroatoms. The molecule has 105 heavy (non-hydrogen) atoms. The predicted octanol–water partition coefficient (Wildman–Crippen LogP) is 33.0. The van der Waals surface area contributed by atoms with Gasteiger partial charge < -0.3 is 15.3 Å². The molecular weight excluding hydrogens is 1270 g/mol. The van der Waals surface area contributed by atoms with Crippen LogP contribution in [-0.4, -0.2) is 15.3 Å². The number of aromatic hydroxyl groups is 3. The molecule has 0 aliphatic heterocycles. The molecule has 3 N–H and O–H groups in total. The van der Waals surface area contributed by atoms with Crippen molar-refractivity contribution in [3.8, 4) is 17.2 Å². The van der Waals surface area contributed by atoms with E-state index in [9.17, 15) is 15.3 Å². The van der Waals surface area contributed by atoms with E-state index in [-0.39, 0.29) is 32.5 Å². The summed E-state index contributed by atoms with van der Waals surface area (Å²) in [5.41, 5.74) is 17.8. The fraction of sp³-hybridized carbons (Fsp3) is 0.765. The number of rotatable bonds is 60. The Bertz CT molecular complexity index is 2550. The van der Waals surface area contributed by atoms with Crippen LogP contribution in [0, 0.1) is 20.8 Å². The van der Waals surface area contributed by atoms with Gasteiger partial charge in [0, 0.05) is 33.4 Å². The molecule has 0 atom stereocenters. The molecule has 0 unspecified atom stereocenters. The summed E-state index contributed by atoms with van der Waals surface area (Å²) in [5.74, 6) is 1.60. The van der Waals surface area contributed by atoms with Crippen molar-refractivity contribution in [1.29, 1.82) is 0 Å². The third kappa shape index (κ3) is 31.2. The molecule has 4 aromatic rings. The summed E-state index contributed by atoms with van der Waals surface area (Å²) in [7, 11) is 0. The smallest absolute Gasteiger partial charge is 0.123 e. The Kier molecular flexibility index (Phi) is 42.9. The van der Waals surface area contributed by atoms with E-state index in [0.717, 1.165) is 91.2 Å². The van der Waals surface area contributed by atoms with Gasteiger partial charge in [-0.2, -0.15) is 0 Å². The zero-order valence-corrected chi connectivity index (χ0v) is 73.9. The molecule has 0 heterocycles. The van der Waals surface area contributed by atoms with Crippen LogP contribution in [0.4, 0.5) is 0 Å². The first kappa shape index (κ1) is 93.7. The van der Waals surface area contributed by atoms with Gasteiger partial charge in [0.25, 0.3) is 0 Å². The van der Waals surface area contributed by atoms with E-state index in [1.165, 1.54) is 320 Å². The summed E-state index contributed by atoms with van der Waals surface area (Å²) in [6.07, 6.45) is 62.4. The van der Waals surface area contributed by atoms with Gasteiger partial charge in [-0.3, -0.25) is 0 Å². The minimum Gasteiger partial charge on any atom is -0.507 e. The number of phenolic OH excluding ortho intramolecular Hbond substituents is 3. The zero-order valence-electron chi connectivity index (χ0n) is 73.9. The second-order valence-electron chi connectivity index (χ2n) is 38.5. The number of unbranched alkanes of at least 4 members (excludes halogenated alkanes) is 36. The highest BCUT2D eigenvalue weighted by Gasteiger charge is 2.36. The number of hydrogen-bond donors (Lipinski definition) is 3. The largest absolute Gasteiger partial charge is 0.507 e. The third-order valence-electron chi connectivity index (χ3n) is 26.2. The summed E-state index contributed by atoms with van der Waals surface area (Å²) < 4.78 is 0. The van der Waals surface area contributed by atoms with Gasteiger partial charge in [0.2, 0.25) is 0 Å². The molecule has 0 amide bonds. The Hall–Kier alpha value is -3.72. The molecule has 0 aliphatic carbocycles. The van der Waals surface area contributed by atoms with Crippen LogP contribution in [-0.2, 0) is 51.8 Å². The highest BCUT2D eigenvalue weighted by atomic mass is 16.3. The lowest BCUT2D eigenvalue weighted by Crippen LogP contribution is -2.23. The Labute approximate surface area is 653 Å². The van der Waals surface area contributed by atoms with Crippen molar-refractivity contribution in [1.82, 2.24) is 0 Å². The summed E-state index contributed by atoms with van der Waals surface area (Å²) in [6.45, 7) is 50.3. The van der Waals surface area contributed by atoms with E-state index >= 15 is 0 Å². The highest BCUT2D eigenvalue weighted by molar-refractivity contribution is 5.60. The lowest BCUT2D eigenvalue weighted by molar-refractivity contribution is 0.377. The third-order valence-corrected chi connectivity index (χ3v) is 26.2. The van der Waals surface area contributed by atoms with Gasteiger partial charge in [0.15, 0.2) is 0 Å². The second kappa shape index (κ2) is 48.1. The Morgan fingerprint density at radius 2 is 0.324 bits per heavy atom. The van der Waals surface area contributed by atoms with Gasteiger partial charge in [0.1, 0.15) is 17.2 Å². The lowest BCUT2D eigenvalue weighted by atomic mass is 9.72. The maximum atomic E-state index is 13.0. The summed E-state index contributed by atoms with van der Waals surface area (Å²) in [5, 5.41) is 39.1. The van der Waals surface area contributed by atoms with Crippen LogP contribution < -0.4 is 0 Å². The standard InChI is InChI=1S/C102H174O3/c1-22-28-34-40-46-52-58-64-97(10,11)88-73-82(74-89(94(88)103)98(12,13)65-59-53-47-41-35-29-23-2)70-85-79(7)86(71-83-75-90(99(14,15)66-60-54-48-42-36-30-24-3)95(104)91(76-83)100(16,17)67-61-55-49-43-37-31-25-4)81(9)87(80(85)8)72-84-77-92(101(18,19)68-62-56-50-44-38-32-26-5)96(105)93(78-84)102(20,21)69-63-57-51-45-39-33-27-6/h73-78,103-105H,22-72H2,1-21H3. The van der Waals surface area contributed by atoms with Gasteiger partial charge in [-0.25, -0.2) is 0 Å².